The van der Waals surface area contributed by atoms with Gasteiger partial charge in [0.05, 0.1) is 6.61 Å². The lowest BCUT2D eigenvalue weighted by Crippen LogP contribution is -2.19. The lowest BCUT2D eigenvalue weighted by atomic mass is 10.1. The Labute approximate surface area is 197 Å². The van der Waals surface area contributed by atoms with Crippen molar-refractivity contribution in [2.24, 2.45) is 0 Å². The fourth-order valence-electron chi connectivity index (χ4n) is 2.89. The standard InChI is InChI=1S/C25H38N2O6/c1-5-6-7-10-15-32-24(29)26-21-14-13-20(4)22(18-21)27-25(30)33-17-16-31-23(28)12-9-8-11-19(2)3/h13-14,18H,2,5-12,15-17H2,1,3-4H3,(H,26,29)(H,27,30). The molecule has 0 radical (unpaired) electrons. The number of aryl methyl sites for hydroxylation is 1. The average Bonchev–Trinajstić information content (AvgIpc) is 2.76. The van der Waals surface area contributed by atoms with Crippen LogP contribution in [0.4, 0.5) is 21.0 Å². The first kappa shape index (κ1) is 28.0. The fraction of sp³-hybridized carbons (Fsp3) is 0.560. The van der Waals surface area contributed by atoms with Gasteiger partial charge in [-0.1, -0.05) is 37.8 Å². The van der Waals surface area contributed by atoms with Crippen LogP contribution in [0, 0.1) is 6.92 Å². The third-order valence-corrected chi connectivity index (χ3v) is 4.77. The fourth-order valence-corrected chi connectivity index (χ4v) is 2.89. The molecule has 33 heavy (non-hydrogen) atoms. The Morgan fingerprint density at radius 1 is 0.848 bits per heavy atom. The summed E-state index contributed by atoms with van der Waals surface area (Å²) in [6.07, 6.45) is 5.75. The van der Waals surface area contributed by atoms with Crippen LogP contribution in [0.3, 0.4) is 0 Å². The first-order valence-corrected chi connectivity index (χ1v) is 11.6. The van der Waals surface area contributed by atoms with E-state index >= 15 is 0 Å². The summed E-state index contributed by atoms with van der Waals surface area (Å²) in [6, 6.07) is 5.11. The SMILES string of the molecule is C=C(C)CCCCC(=O)OCCOC(=O)Nc1cc(NC(=O)OCCCCCC)ccc1C. The molecule has 0 heterocycles. The van der Waals surface area contributed by atoms with Gasteiger partial charge < -0.3 is 14.2 Å². The molecular weight excluding hydrogens is 424 g/mol. The van der Waals surface area contributed by atoms with Crippen LogP contribution < -0.4 is 10.6 Å². The van der Waals surface area contributed by atoms with Crippen molar-refractivity contribution in [2.75, 3.05) is 30.5 Å². The third-order valence-electron chi connectivity index (χ3n) is 4.77. The molecule has 0 unspecified atom stereocenters. The zero-order chi connectivity index (χ0) is 24.5. The van der Waals surface area contributed by atoms with Crippen molar-refractivity contribution in [1.82, 2.24) is 0 Å². The van der Waals surface area contributed by atoms with Crippen molar-refractivity contribution in [3.63, 3.8) is 0 Å². The minimum Gasteiger partial charge on any atom is -0.462 e. The van der Waals surface area contributed by atoms with Gasteiger partial charge in [0.2, 0.25) is 0 Å². The summed E-state index contributed by atoms with van der Waals surface area (Å²) in [7, 11) is 0. The molecule has 2 N–H and O–H groups in total. The molecule has 0 fully saturated rings. The van der Waals surface area contributed by atoms with E-state index in [1.807, 2.05) is 13.8 Å². The molecule has 0 spiro atoms. The highest BCUT2D eigenvalue weighted by Gasteiger charge is 2.10. The van der Waals surface area contributed by atoms with Gasteiger partial charge >= 0.3 is 18.2 Å². The van der Waals surface area contributed by atoms with Crippen LogP contribution in [0.1, 0.15) is 70.8 Å². The van der Waals surface area contributed by atoms with Gasteiger partial charge in [0.15, 0.2) is 0 Å². The van der Waals surface area contributed by atoms with E-state index in [4.69, 9.17) is 14.2 Å². The normalized spacial score (nSPS) is 10.3. The van der Waals surface area contributed by atoms with Crippen LogP contribution in [-0.4, -0.2) is 38.0 Å². The molecule has 0 bridgehead atoms. The zero-order valence-electron chi connectivity index (χ0n) is 20.2. The largest absolute Gasteiger partial charge is 0.462 e. The van der Waals surface area contributed by atoms with Gasteiger partial charge in [-0.3, -0.25) is 15.4 Å². The molecule has 184 valence electrons. The molecule has 8 heteroatoms. The molecule has 0 aliphatic heterocycles. The van der Waals surface area contributed by atoms with Gasteiger partial charge in [0, 0.05) is 17.8 Å². The third kappa shape index (κ3) is 13.9. The summed E-state index contributed by atoms with van der Waals surface area (Å²) in [4.78, 5) is 35.6. The monoisotopic (exact) mass is 462 g/mol. The van der Waals surface area contributed by atoms with E-state index in [2.05, 4.69) is 24.1 Å². The van der Waals surface area contributed by atoms with Gasteiger partial charge in [-0.15, -0.1) is 6.58 Å². The van der Waals surface area contributed by atoms with Gasteiger partial charge in [0.1, 0.15) is 13.2 Å². The Morgan fingerprint density at radius 3 is 2.24 bits per heavy atom. The molecule has 0 aliphatic rings. The number of unbranched alkanes of at least 4 members (excludes halogenated alkanes) is 4. The van der Waals surface area contributed by atoms with E-state index in [0.717, 1.165) is 56.1 Å². The lowest BCUT2D eigenvalue weighted by molar-refractivity contribution is -0.144. The molecule has 0 saturated heterocycles. The number of rotatable bonds is 15. The maximum Gasteiger partial charge on any atom is 0.411 e. The number of esters is 1. The Bertz CT molecular complexity index is 778. The molecular formula is C25H38N2O6. The Morgan fingerprint density at radius 2 is 1.52 bits per heavy atom. The minimum absolute atomic E-state index is 0.00257. The highest BCUT2D eigenvalue weighted by Crippen LogP contribution is 2.21. The Kier molecular flexibility index (Phi) is 14.1. The topological polar surface area (TPSA) is 103 Å². The van der Waals surface area contributed by atoms with Gasteiger partial charge in [-0.25, -0.2) is 9.59 Å². The van der Waals surface area contributed by atoms with Crippen molar-refractivity contribution in [2.45, 2.75) is 72.1 Å². The number of carbonyl (C=O) groups is 3. The zero-order valence-corrected chi connectivity index (χ0v) is 20.2. The molecule has 0 saturated carbocycles. The van der Waals surface area contributed by atoms with Crippen LogP contribution in [-0.2, 0) is 19.0 Å². The maximum absolute atomic E-state index is 12.1. The van der Waals surface area contributed by atoms with Crippen LogP contribution in [0.25, 0.3) is 0 Å². The summed E-state index contributed by atoms with van der Waals surface area (Å²) in [6.45, 7) is 10.0. The van der Waals surface area contributed by atoms with Crippen molar-refractivity contribution in [3.05, 3.63) is 35.9 Å². The highest BCUT2D eigenvalue weighted by atomic mass is 16.6. The van der Waals surface area contributed by atoms with Crippen LogP contribution in [0.5, 0.6) is 0 Å². The molecule has 1 aromatic rings. The summed E-state index contributed by atoms with van der Waals surface area (Å²) in [5, 5.41) is 5.28. The molecule has 1 rings (SSSR count). The van der Waals surface area contributed by atoms with Gasteiger partial charge in [-0.2, -0.15) is 0 Å². The van der Waals surface area contributed by atoms with E-state index < -0.39 is 12.2 Å². The average molecular weight is 463 g/mol. The quantitative estimate of drug-likeness (QED) is 0.136. The molecule has 0 aliphatic carbocycles. The molecule has 0 aromatic heterocycles. The number of ether oxygens (including phenoxy) is 3. The summed E-state index contributed by atoms with van der Waals surface area (Å²) >= 11 is 0. The lowest BCUT2D eigenvalue weighted by Gasteiger charge is -2.12. The summed E-state index contributed by atoms with van der Waals surface area (Å²) in [5.74, 6) is -0.312. The van der Waals surface area contributed by atoms with Crippen LogP contribution in [0.15, 0.2) is 30.4 Å². The van der Waals surface area contributed by atoms with E-state index in [9.17, 15) is 14.4 Å². The number of anilines is 2. The number of amides is 2. The second-order valence-electron chi connectivity index (χ2n) is 8.00. The van der Waals surface area contributed by atoms with Gasteiger partial charge in [-0.05, 0) is 57.2 Å². The van der Waals surface area contributed by atoms with Crippen LogP contribution >= 0.6 is 0 Å². The van der Waals surface area contributed by atoms with Gasteiger partial charge in [0.25, 0.3) is 0 Å². The molecule has 0 atom stereocenters. The minimum atomic E-state index is -0.675. The predicted octanol–water partition coefficient (Wildman–Crippen LogP) is 6.35. The molecule has 2 amide bonds. The van der Waals surface area contributed by atoms with Crippen LogP contribution in [0.2, 0.25) is 0 Å². The van der Waals surface area contributed by atoms with E-state index in [1.165, 1.54) is 0 Å². The first-order valence-electron chi connectivity index (χ1n) is 11.6. The summed E-state index contributed by atoms with van der Waals surface area (Å²) < 4.78 is 15.3. The number of benzene rings is 1. The second kappa shape index (κ2) is 16.6. The highest BCUT2D eigenvalue weighted by molar-refractivity contribution is 5.89. The number of nitrogens with one attached hydrogen (secondary N) is 2. The maximum atomic E-state index is 12.1. The number of allylic oxidation sites excluding steroid dienone is 1. The van der Waals surface area contributed by atoms with Crippen molar-refractivity contribution >= 4 is 29.5 Å². The van der Waals surface area contributed by atoms with E-state index in [-0.39, 0.29) is 19.2 Å². The summed E-state index contributed by atoms with van der Waals surface area (Å²) in [5.41, 5.74) is 2.88. The first-order chi connectivity index (χ1) is 15.8. The van der Waals surface area contributed by atoms with E-state index in [1.54, 1.807) is 18.2 Å². The molecule has 1 aromatic carbocycles. The van der Waals surface area contributed by atoms with Crippen molar-refractivity contribution in [1.29, 1.82) is 0 Å². The smallest absolute Gasteiger partial charge is 0.411 e. The second-order valence-corrected chi connectivity index (χ2v) is 8.00. The van der Waals surface area contributed by atoms with Crippen molar-refractivity contribution in [3.8, 4) is 0 Å². The Balaban J connectivity index is 2.32. The molecule has 8 nitrogen and oxygen atoms in total. The predicted molar refractivity (Wildman–Crippen MR) is 130 cm³/mol. The van der Waals surface area contributed by atoms with E-state index in [0.29, 0.717) is 24.4 Å². The van der Waals surface area contributed by atoms with Crippen molar-refractivity contribution < 1.29 is 28.6 Å². The number of hydrogen-bond acceptors (Lipinski definition) is 6. The number of carbonyl (C=O) groups excluding carboxylic acids is 3. The number of hydrogen-bond donors (Lipinski definition) is 2. The Hall–Kier alpha value is -3.03.